The molecule has 22 heavy (non-hydrogen) atoms. The third-order valence-electron chi connectivity index (χ3n) is 4.33. The molecule has 0 atom stereocenters. The summed E-state index contributed by atoms with van der Waals surface area (Å²) < 4.78 is 0. The van der Waals surface area contributed by atoms with Crippen LogP contribution in [0.15, 0.2) is 29.3 Å². The summed E-state index contributed by atoms with van der Waals surface area (Å²) in [5, 5.41) is 6.40. The van der Waals surface area contributed by atoms with E-state index < -0.39 is 0 Å². The molecule has 1 aromatic rings. The molecule has 0 unspecified atom stereocenters. The first-order chi connectivity index (χ1) is 10.8. The van der Waals surface area contributed by atoms with E-state index in [1.807, 2.05) is 7.05 Å². The number of nitrogens with one attached hydrogen (secondary N) is 2. The second kappa shape index (κ2) is 8.76. The largest absolute Gasteiger partial charge is 0.359 e. The first-order valence-corrected chi connectivity index (χ1v) is 8.16. The van der Waals surface area contributed by atoms with Gasteiger partial charge >= 0.3 is 0 Å². The molecule has 0 amide bonds. The van der Waals surface area contributed by atoms with E-state index in [1.165, 1.54) is 24.2 Å². The summed E-state index contributed by atoms with van der Waals surface area (Å²) in [6.45, 7) is 9.93. The van der Waals surface area contributed by atoms with E-state index in [-0.39, 0.29) is 0 Å². The van der Waals surface area contributed by atoms with E-state index in [1.54, 1.807) is 7.05 Å². The van der Waals surface area contributed by atoms with Crippen LogP contribution in [0.4, 0.5) is 0 Å². The van der Waals surface area contributed by atoms with Crippen LogP contribution in [0.5, 0.6) is 0 Å². The number of rotatable bonds is 5. The van der Waals surface area contributed by atoms with Crippen LogP contribution in [-0.4, -0.2) is 62.6 Å². The van der Waals surface area contributed by atoms with Gasteiger partial charge in [0, 0.05) is 53.4 Å². The Morgan fingerprint density at radius 3 is 2.32 bits per heavy atom. The normalized spacial score (nSPS) is 17.5. The summed E-state index contributed by atoms with van der Waals surface area (Å²) in [5.41, 5.74) is 2.75. The smallest absolute Gasteiger partial charge is 0.190 e. The fraction of sp³-hybridized carbons (Fsp3) is 0.588. The molecule has 122 valence electrons. The van der Waals surface area contributed by atoms with Crippen LogP contribution in [0.1, 0.15) is 18.1 Å². The Morgan fingerprint density at radius 1 is 1.09 bits per heavy atom. The van der Waals surface area contributed by atoms with Crippen molar-refractivity contribution in [2.45, 2.75) is 20.0 Å². The van der Waals surface area contributed by atoms with E-state index in [9.17, 15) is 0 Å². The molecule has 0 radical (unpaired) electrons. The summed E-state index contributed by atoms with van der Waals surface area (Å²) in [7, 11) is 3.67. The van der Waals surface area contributed by atoms with Gasteiger partial charge in [-0.25, -0.2) is 0 Å². The molecule has 1 aromatic carbocycles. The average Bonchev–Trinajstić information content (AvgIpc) is 2.58. The number of piperazine rings is 1. The van der Waals surface area contributed by atoms with Crippen molar-refractivity contribution in [2.75, 3.05) is 46.8 Å². The maximum absolute atomic E-state index is 4.16. The van der Waals surface area contributed by atoms with Crippen molar-refractivity contribution in [1.29, 1.82) is 0 Å². The number of likely N-dealkylation sites (N-methyl/N-ethyl adjacent to an activating group) is 1. The van der Waals surface area contributed by atoms with Gasteiger partial charge < -0.3 is 15.5 Å². The first-order valence-electron chi connectivity index (χ1n) is 8.16. The second-order valence-electron chi connectivity index (χ2n) is 5.65. The van der Waals surface area contributed by atoms with Crippen LogP contribution in [0.25, 0.3) is 0 Å². The minimum absolute atomic E-state index is 0.804. The zero-order chi connectivity index (χ0) is 15.8. The highest BCUT2D eigenvalue weighted by molar-refractivity contribution is 5.79. The van der Waals surface area contributed by atoms with Gasteiger partial charge in [-0.1, -0.05) is 31.2 Å². The Balaban J connectivity index is 1.94. The minimum Gasteiger partial charge on any atom is -0.359 e. The van der Waals surface area contributed by atoms with Crippen molar-refractivity contribution in [2.24, 2.45) is 4.99 Å². The summed E-state index contributed by atoms with van der Waals surface area (Å²) in [6.07, 6.45) is 0. The van der Waals surface area contributed by atoms with Gasteiger partial charge in [0.1, 0.15) is 0 Å². The highest BCUT2D eigenvalue weighted by Crippen LogP contribution is 2.13. The summed E-state index contributed by atoms with van der Waals surface area (Å²) >= 11 is 0. The van der Waals surface area contributed by atoms with E-state index in [2.05, 4.69) is 56.6 Å². The third kappa shape index (κ3) is 4.71. The molecular formula is C17H29N5. The van der Waals surface area contributed by atoms with Crippen molar-refractivity contribution in [3.63, 3.8) is 0 Å². The summed E-state index contributed by atoms with van der Waals surface area (Å²) in [4.78, 5) is 9.23. The molecular weight excluding hydrogens is 274 g/mol. The molecule has 5 heteroatoms. The first kappa shape index (κ1) is 16.8. The monoisotopic (exact) mass is 303 g/mol. The van der Waals surface area contributed by atoms with E-state index >= 15 is 0 Å². The van der Waals surface area contributed by atoms with Gasteiger partial charge in [-0.3, -0.25) is 9.89 Å². The molecule has 1 aliphatic heterocycles. The lowest BCUT2D eigenvalue weighted by Gasteiger charge is -2.34. The molecule has 1 heterocycles. The van der Waals surface area contributed by atoms with Crippen molar-refractivity contribution in [1.82, 2.24) is 20.4 Å². The molecule has 1 aliphatic rings. The lowest BCUT2D eigenvalue weighted by molar-refractivity contribution is 0.131. The van der Waals surface area contributed by atoms with Crippen LogP contribution in [0.3, 0.4) is 0 Å². The zero-order valence-electron chi connectivity index (χ0n) is 14.1. The highest BCUT2D eigenvalue weighted by atomic mass is 15.3. The van der Waals surface area contributed by atoms with Gasteiger partial charge in [0.15, 0.2) is 5.96 Å². The number of hydrogen-bond donors (Lipinski definition) is 2. The number of guanidine groups is 1. The van der Waals surface area contributed by atoms with Crippen molar-refractivity contribution >= 4 is 5.96 Å². The molecule has 2 N–H and O–H groups in total. The molecule has 0 aromatic heterocycles. The zero-order valence-corrected chi connectivity index (χ0v) is 14.1. The van der Waals surface area contributed by atoms with Gasteiger partial charge in [0.2, 0.25) is 0 Å². The Hall–Kier alpha value is -1.59. The van der Waals surface area contributed by atoms with Crippen molar-refractivity contribution < 1.29 is 0 Å². The molecule has 1 fully saturated rings. The lowest BCUT2D eigenvalue weighted by atomic mass is 10.1. The maximum atomic E-state index is 4.16. The SMILES string of the molecule is CCN1CCN(Cc2ccccc2CNC(=NC)NC)CC1. The quantitative estimate of drug-likeness (QED) is 0.632. The summed E-state index contributed by atoms with van der Waals surface area (Å²) in [6, 6.07) is 8.69. The number of hydrogen-bond acceptors (Lipinski definition) is 3. The van der Waals surface area contributed by atoms with Gasteiger partial charge in [0.05, 0.1) is 0 Å². The fourth-order valence-corrected chi connectivity index (χ4v) is 2.85. The second-order valence-corrected chi connectivity index (χ2v) is 5.65. The Morgan fingerprint density at radius 2 is 1.73 bits per heavy atom. The van der Waals surface area contributed by atoms with Crippen molar-refractivity contribution in [3.05, 3.63) is 35.4 Å². The number of benzene rings is 1. The summed E-state index contributed by atoms with van der Waals surface area (Å²) in [5.74, 6) is 0.825. The molecule has 0 saturated carbocycles. The van der Waals surface area contributed by atoms with E-state index in [0.717, 1.165) is 38.7 Å². The van der Waals surface area contributed by atoms with Crippen LogP contribution in [-0.2, 0) is 13.1 Å². The maximum Gasteiger partial charge on any atom is 0.190 e. The molecule has 1 saturated heterocycles. The predicted molar refractivity (Wildman–Crippen MR) is 93.1 cm³/mol. The standard InChI is InChI=1S/C17H29N5/c1-4-21-9-11-22(12-10-21)14-16-8-6-5-7-15(16)13-20-17(18-2)19-3/h5-8H,4,9-14H2,1-3H3,(H2,18,19,20). The van der Waals surface area contributed by atoms with Crippen LogP contribution in [0, 0.1) is 0 Å². The van der Waals surface area contributed by atoms with Gasteiger partial charge in [-0.15, -0.1) is 0 Å². The predicted octanol–water partition coefficient (Wildman–Crippen LogP) is 1.12. The minimum atomic E-state index is 0.804. The fourth-order valence-electron chi connectivity index (χ4n) is 2.85. The third-order valence-corrected chi connectivity index (χ3v) is 4.33. The highest BCUT2D eigenvalue weighted by Gasteiger charge is 2.16. The van der Waals surface area contributed by atoms with E-state index in [4.69, 9.17) is 0 Å². The van der Waals surface area contributed by atoms with Crippen molar-refractivity contribution in [3.8, 4) is 0 Å². The van der Waals surface area contributed by atoms with Crippen LogP contribution >= 0.6 is 0 Å². The molecule has 0 spiro atoms. The lowest BCUT2D eigenvalue weighted by Crippen LogP contribution is -2.45. The Bertz CT molecular complexity index is 478. The number of nitrogens with zero attached hydrogens (tertiary/aromatic N) is 3. The molecule has 0 aliphatic carbocycles. The van der Waals surface area contributed by atoms with Crippen LogP contribution in [0.2, 0.25) is 0 Å². The molecule has 0 bridgehead atoms. The van der Waals surface area contributed by atoms with Crippen LogP contribution < -0.4 is 10.6 Å². The molecule has 5 nitrogen and oxygen atoms in total. The average molecular weight is 303 g/mol. The van der Waals surface area contributed by atoms with Gasteiger partial charge in [-0.05, 0) is 17.7 Å². The molecule has 2 rings (SSSR count). The Kier molecular flexibility index (Phi) is 6.68. The Labute approximate surface area is 134 Å². The number of aliphatic imine (C=N–C) groups is 1. The van der Waals surface area contributed by atoms with Gasteiger partial charge in [0.25, 0.3) is 0 Å². The van der Waals surface area contributed by atoms with Gasteiger partial charge in [-0.2, -0.15) is 0 Å². The van der Waals surface area contributed by atoms with E-state index in [0.29, 0.717) is 0 Å². The topological polar surface area (TPSA) is 42.9 Å².